The second kappa shape index (κ2) is 11.4. The fourth-order valence-electron chi connectivity index (χ4n) is 4.86. The van der Waals surface area contributed by atoms with Gasteiger partial charge in [0.2, 0.25) is 0 Å². The lowest BCUT2D eigenvalue weighted by atomic mass is 9.87. The zero-order chi connectivity index (χ0) is 25.5. The van der Waals surface area contributed by atoms with Gasteiger partial charge in [0, 0.05) is 19.6 Å². The lowest BCUT2D eigenvalue weighted by Crippen LogP contribution is -2.55. The van der Waals surface area contributed by atoms with Crippen LogP contribution in [0.4, 0.5) is 9.59 Å². The molecule has 0 bridgehead atoms. The minimum Gasteiger partial charge on any atom is -0.497 e. The number of rotatable bonds is 9. The highest BCUT2D eigenvalue weighted by Crippen LogP contribution is 2.31. The molecule has 0 saturated carbocycles. The van der Waals surface area contributed by atoms with E-state index in [1.807, 2.05) is 54.6 Å². The maximum absolute atomic E-state index is 13.3. The number of benzene rings is 2. The summed E-state index contributed by atoms with van der Waals surface area (Å²) in [4.78, 5) is 41.7. The number of hydrogen-bond donors (Lipinski definition) is 2. The smallest absolute Gasteiger partial charge is 0.407 e. The third-order valence-electron chi connectivity index (χ3n) is 6.96. The first-order chi connectivity index (χ1) is 17.4. The lowest BCUT2D eigenvalue weighted by Gasteiger charge is -2.37. The second-order valence-corrected chi connectivity index (χ2v) is 9.21. The summed E-state index contributed by atoms with van der Waals surface area (Å²) in [7, 11) is 1.60. The maximum atomic E-state index is 13.3. The number of likely N-dealkylation sites (tertiary alicyclic amines) is 1. The quantitative estimate of drug-likeness (QED) is 0.518. The van der Waals surface area contributed by atoms with Crippen LogP contribution in [-0.2, 0) is 16.1 Å². The van der Waals surface area contributed by atoms with Crippen LogP contribution in [0.1, 0.15) is 43.4 Å². The zero-order valence-corrected chi connectivity index (χ0v) is 20.9. The Kier molecular flexibility index (Phi) is 8.10. The predicted octanol–water partition coefficient (Wildman–Crippen LogP) is 3.46. The molecule has 0 radical (unpaired) electrons. The number of hydrogen-bond acceptors (Lipinski definition) is 6. The van der Waals surface area contributed by atoms with Crippen molar-refractivity contribution in [2.45, 2.75) is 44.3 Å². The van der Waals surface area contributed by atoms with Crippen LogP contribution in [0.3, 0.4) is 0 Å². The molecule has 9 nitrogen and oxygen atoms in total. The van der Waals surface area contributed by atoms with Crippen molar-refractivity contribution in [1.29, 1.82) is 0 Å². The van der Waals surface area contributed by atoms with E-state index in [0.717, 1.165) is 23.4 Å². The molecule has 2 aromatic carbocycles. The van der Waals surface area contributed by atoms with Crippen LogP contribution >= 0.6 is 0 Å². The molecule has 2 N–H and O–H groups in total. The number of amides is 4. The van der Waals surface area contributed by atoms with Crippen molar-refractivity contribution in [3.05, 3.63) is 65.7 Å². The molecule has 2 aliphatic heterocycles. The van der Waals surface area contributed by atoms with E-state index >= 15 is 0 Å². The van der Waals surface area contributed by atoms with Crippen LogP contribution in [0.25, 0.3) is 0 Å². The zero-order valence-electron chi connectivity index (χ0n) is 20.9. The summed E-state index contributed by atoms with van der Waals surface area (Å²) < 4.78 is 10.3. The number of urea groups is 1. The standard InChI is InChI=1S/C27H34N4O5/c1-3-36-26(34)28-23(21-7-5-4-6-8-21)13-16-30-17-14-27(15-18-30)24(32)31(25(33)29-27)19-20-9-11-22(35-2)12-10-20/h4-12,23H,3,13-19H2,1-2H3,(H,28,34)(H,29,33)/t23-/m0/s1. The summed E-state index contributed by atoms with van der Waals surface area (Å²) in [5.41, 5.74) is 1.04. The van der Waals surface area contributed by atoms with Gasteiger partial charge in [-0.2, -0.15) is 0 Å². The molecule has 1 atom stereocenters. The molecule has 2 aliphatic rings. The van der Waals surface area contributed by atoms with E-state index in [9.17, 15) is 14.4 Å². The van der Waals surface area contributed by atoms with Crippen LogP contribution in [0.2, 0.25) is 0 Å². The SMILES string of the molecule is CCOC(=O)N[C@@H](CCN1CCC2(CC1)NC(=O)N(Cc1ccc(OC)cc1)C2=O)c1ccccc1. The van der Waals surface area contributed by atoms with Crippen molar-refractivity contribution >= 4 is 18.0 Å². The third kappa shape index (κ3) is 5.79. The Morgan fingerprint density at radius 1 is 1.08 bits per heavy atom. The Morgan fingerprint density at radius 3 is 2.42 bits per heavy atom. The number of methoxy groups -OCH3 is 1. The molecule has 0 aliphatic carbocycles. The molecule has 2 saturated heterocycles. The first kappa shape index (κ1) is 25.5. The largest absolute Gasteiger partial charge is 0.497 e. The van der Waals surface area contributed by atoms with E-state index in [2.05, 4.69) is 15.5 Å². The Morgan fingerprint density at radius 2 is 1.78 bits per heavy atom. The molecule has 4 rings (SSSR count). The molecule has 192 valence electrons. The summed E-state index contributed by atoms with van der Waals surface area (Å²) in [5.74, 6) is 0.570. The molecular weight excluding hydrogens is 460 g/mol. The number of nitrogens with one attached hydrogen (secondary N) is 2. The Labute approximate surface area is 211 Å². The van der Waals surface area contributed by atoms with Gasteiger partial charge in [-0.25, -0.2) is 9.59 Å². The molecule has 9 heteroatoms. The minimum absolute atomic E-state index is 0.158. The van der Waals surface area contributed by atoms with Crippen molar-refractivity contribution in [3.8, 4) is 5.75 Å². The van der Waals surface area contributed by atoms with Crippen LogP contribution in [0, 0.1) is 0 Å². The van der Waals surface area contributed by atoms with Gasteiger partial charge in [-0.15, -0.1) is 0 Å². The number of alkyl carbamates (subject to hydrolysis) is 1. The highest BCUT2D eigenvalue weighted by Gasteiger charge is 2.52. The molecule has 2 aromatic rings. The normalized spacial score (nSPS) is 18.1. The first-order valence-electron chi connectivity index (χ1n) is 12.4. The average Bonchev–Trinajstić information content (AvgIpc) is 3.12. The number of imide groups is 1. The topological polar surface area (TPSA) is 100 Å². The Balaban J connectivity index is 1.33. The number of ether oxygens (including phenoxy) is 2. The summed E-state index contributed by atoms with van der Waals surface area (Å²) in [6.45, 7) is 4.45. The second-order valence-electron chi connectivity index (χ2n) is 9.21. The molecule has 36 heavy (non-hydrogen) atoms. The lowest BCUT2D eigenvalue weighted by molar-refractivity contribution is -0.133. The fourth-order valence-corrected chi connectivity index (χ4v) is 4.86. The van der Waals surface area contributed by atoms with Crippen LogP contribution < -0.4 is 15.4 Å². The molecule has 2 heterocycles. The number of nitrogens with zero attached hydrogens (tertiary/aromatic N) is 2. The number of piperidine rings is 1. The van der Waals surface area contributed by atoms with E-state index in [1.54, 1.807) is 14.0 Å². The van der Waals surface area contributed by atoms with Gasteiger partial charge in [-0.05, 0) is 49.4 Å². The van der Waals surface area contributed by atoms with Crippen molar-refractivity contribution in [2.75, 3.05) is 33.4 Å². The van der Waals surface area contributed by atoms with E-state index in [4.69, 9.17) is 9.47 Å². The van der Waals surface area contributed by atoms with Gasteiger partial charge >= 0.3 is 12.1 Å². The molecule has 2 fully saturated rings. The van der Waals surface area contributed by atoms with E-state index in [-0.39, 0.29) is 24.5 Å². The van der Waals surface area contributed by atoms with Crippen LogP contribution in [0.15, 0.2) is 54.6 Å². The molecular formula is C27H34N4O5. The van der Waals surface area contributed by atoms with Crippen LogP contribution in [-0.4, -0.2) is 66.7 Å². The van der Waals surface area contributed by atoms with Gasteiger partial charge in [-0.3, -0.25) is 9.69 Å². The van der Waals surface area contributed by atoms with E-state index < -0.39 is 11.6 Å². The van der Waals surface area contributed by atoms with Crippen molar-refractivity contribution < 1.29 is 23.9 Å². The predicted molar refractivity (Wildman–Crippen MR) is 134 cm³/mol. The highest BCUT2D eigenvalue weighted by atomic mass is 16.5. The molecule has 1 spiro atoms. The van der Waals surface area contributed by atoms with Crippen molar-refractivity contribution in [1.82, 2.24) is 20.4 Å². The van der Waals surface area contributed by atoms with Crippen molar-refractivity contribution in [2.24, 2.45) is 0 Å². The summed E-state index contributed by atoms with van der Waals surface area (Å²) in [6.07, 6.45) is 1.38. The van der Waals surface area contributed by atoms with Gasteiger partial charge in [0.25, 0.3) is 5.91 Å². The number of carbonyl (C=O) groups is 3. The van der Waals surface area contributed by atoms with Gasteiger partial charge in [0.15, 0.2) is 0 Å². The third-order valence-corrected chi connectivity index (χ3v) is 6.96. The monoisotopic (exact) mass is 494 g/mol. The molecule has 0 aromatic heterocycles. The Hall–Kier alpha value is -3.59. The molecule has 4 amide bonds. The fraction of sp³-hybridized carbons (Fsp3) is 0.444. The first-order valence-corrected chi connectivity index (χ1v) is 12.4. The van der Waals surface area contributed by atoms with Gasteiger partial charge in [0.1, 0.15) is 11.3 Å². The number of carbonyl (C=O) groups excluding carboxylic acids is 3. The Bertz CT molecular complexity index is 1050. The van der Waals surface area contributed by atoms with Crippen LogP contribution in [0.5, 0.6) is 5.75 Å². The maximum Gasteiger partial charge on any atom is 0.407 e. The van der Waals surface area contributed by atoms with E-state index in [1.165, 1.54) is 4.90 Å². The van der Waals surface area contributed by atoms with E-state index in [0.29, 0.717) is 39.0 Å². The summed E-state index contributed by atoms with van der Waals surface area (Å²) in [6, 6.07) is 16.7. The van der Waals surface area contributed by atoms with Gasteiger partial charge < -0.3 is 25.0 Å². The molecule has 0 unspecified atom stereocenters. The average molecular weight is 495 g/mol. The highest BCUT2D eigenvalue weighted by molar-refractivity contribution is 6.07. The van der Waals surface area contributed by atoms with Crippen molar-refractivity contribution in [3.63, 3.8) is 0 Å². The van der Waals surface area contributed by atoms with Gasteiger partial charge in [0.05, 0.1) is 26.3 Å². The summed E-state index contributed by atoms with van der Waals surface area (Å²) in [5, 5.41) is 5.93. The minimum atomic E-state index is -0.845. The van der Waals surface area contributed by atoms with Gasteiger partial charge in [-0.1, -0.05) is 42.5 Å². The summed E-state index contributed by atoms with van der Waals surface area (Å²) >= 11 is 0.